The van der Waals surface area contributed by atoms with Gasteiger partial charge in [0.1, 0.15) is 5.56 Å². The van der Waals surface area contributed by atoms with Crippen molar-refractivity contribution in [2.75, 3.05) is 0 Å². The van der Waals surface area contributed by atoms with Crippen LogP contribution in [0.3, 0.4) is 0 Å². The second kappa shape index (κ2) is 10.7. The highest BCUT2D eigenvalue weighted by Gasteiger charge is 2.45. The Balaban J connectivity index is 1.24. The van der Waals surface area contributed by atoms with Gasteiger partial charge in [-0.05, 0) is 82.8 Å². The minimum Gasteiger partial charge on any atom is -0.477 e. The predicted octanol–water partition coefficient (Wildman–Crippen LogP) is 8.22. The van der Waals surface area contributed by atoms with Gasteiger partial charge in [0, 0.05) is 29.0 Å². The van der Waals surface area contributed by atoms with Crippen LogP contribution in [0.15, 0.2) is 120 Å². The first-order chi connectivity index (χ1) is 22.0. The Morgan fingerprint density at radius 1 is 0.822 bits per heavy atom. The number of nitrogens with zero attached hydrogens (tertiary/aromatic N) is 2. The number of thiophene rings is 1. The van der Waals surface area contributed by atoms with E-state index < -0.39 is 17.1 Å². The Kier molecular flexibility index (Phi) is 6.59. The second-order valence-corrected chi connectivity index (χ2v) is 13.3. The quantitative estimate of drug-likeness (QED) is 0.186. The summed E-state index contributed by atoms with van der Waals surface area (Å²) in [5.41, 5.74) is 7.90. The Morgan fingerprint density at radius 2 is 1.40 bits per heavy atom. The fourth-order valence-corrected chi connectivity index (χ4v) is 8.62. The average molecular weight is 609 g/mol. The zero-order valence-electron chi connectivity index (χ0n) is 24.9. The number of aromatic nitrogens is 1. The first-order valence-corrected chi connectivity index (χ1v) is 16.2. The van der Waals surface area contributed by atoms with Crippen LogP contribution in [-0.4, -0.2) is 20.4 Å². The molecule has 6 aromatic rings. The summed E-state index contributed by atoms with van der Waals surface area (Å²) in [7, 11) is 0. The van der Waals surface area contributed by atoms with Crippen molar-refractivity contribution in [2.24, 2.45) is 0 Å². The van der Waals surface area contributed by atoms with E-state index in [9.17, 15) is 14.7 Å². The fraction of sp³-hybridized carbons (Fsp3) is 0.179. The maximum Gasteiger partial charge on any atom is 0.341 e. The summed E-state index contributed by atoms with van der Waals surface area (Å²) in [6.07, 6.45) is 3.80. The van der Waals surface area contributed by atoms with Crippen LogP contribution >= 0.6 is 11.3 Å². The van der Waals surface area contributed by atoms with E-state index in [2.05, 4.69) is 109 Å². The Labute approximate surface area is 265 Å². The van der Waals surface area contributed by atoms with Gasteiger partial charge in [0.15, 0.2) is 0 Å². The lowest BCUT2D eigenvalue weighted by molar-refractivity contribution is 0.0694. The lowest BCUT2D eigenvalue weighted by Crippen LogP contribution is -2.45. The standard InChI is InChI=1S/C39H32N2O3S/c1-25-31(19-20-41-36(25)32(26-17-18-26)22-33(37(41)42)38(43)44)34-21-27-23-40(24-35(27)45-34)39(28-11-5-2-6-12-28,29-13-7-3-8-14-29)30-15-9-4-10-16-30/h2-16,19-22,26H,17-18,23-24H2,1H3,(H,43,44). The van der Waals surface area contributed by atoms with Crippen LogP contribution in [-0.2, 0) is 18.6 Å². The molecule has 222 valence electrons. The van der Waals surface area contributed by atoms with Crippen LogP contribution in [0.2, 0.25) is 0 Å². The minimum atomic E-state index is -1.17. The van der Waals surface area contributed by atoms with Gasteiger partial charge in [-0.25, -0.2) is 4.79 Å². The number of fused-ring (bicyclic) bond motifs is 2. The van der Waals surface area contributed by atoms with Crippen molar-refractivity contribution in [3.63, 3.8) is 0 Å². The lowest BCUT2D eigenvalue weighted by Gasteiger charge is -2.43. The molecule has 0 unspecified atom stereocenters. The van der Waals surface area contributed by atoms with Crippen LogP contribution in [0.4, 0.5) is 0 Å². The number of benzene rings is 3. The molecule has 45 heavy (non-hydrogen) atoms. The number of carboxylic acids is 1. The van der Waals surface area contributed by atoms with E-state index in [4.69, 9.17) is 0 Å². The van der Waals surface area contributed by atoms with Gasteiger partial charge in [0.2, 0.25) is 0 Å². The molecule has 8 rings (SSSR count). The number of aromatic carboxylic acids is 1. The third-order valence-electron chi connectivity index (χ3n) is 9.57. The smallest absolute Gasteiger partial charge is 0.341 e. The lowest BCUT2D eigenvalue weighted by atomic mass is 9.75. The van der Waals surface area contributed by atoms with Crippen molar-refractivity contribution in [2.45, 2.75) is 44.3 Å². The fourth-order valence-electron chi connectivity index (χ4n) is 7.35. The van der Waals surface area contributed by atoms with Crippen LogP contribution < -0.4 is 5.56 Å². The molecule has 3 aromatic heterocycles. The Morgan fingerprint density at radius 3 is 1.91 bits per heavy atom. The number of aryl methyl sites for hydroxylation is 1. The van der Waals surface area contributed by atoms with Crippen molar-refractivity contribution >= 4 is 22.8 Å². The monoisotopic (exact) mass is 608 g/mol. The molecular formula is C39H32N2O3S. The molecule has 3 aromatic carbocycles. The van der Waals surface area contributed by atoms with E-state index in [-0.39, 0.29) is 5.56 Å². The Bertz CT molecular complexity index is 2010. The molecule has 0 bridgehead atoms. The summed E-state index contributed by atoms with van der Waals surface area (Å²) in [5, 5.41) is 9.70. The van der Waals surface area contributed by atoms with Crippen LogP contribution in [0.1, 0.15) is 67.4 Å². The van der Waals surface area contributed by atoms with Crippen LogP contribution in [0.25, 0.3) is 16.0 Å². The summed E-state index contributed by atoms with van der Waals surface area (Å²) in [5.74, 6) is -0.869. The molecule has 0 spiro atoms. The van der Waals surface area contributed by atoms with Gasteiger partial charge in [0.25, 0.3) is 5.56 Å². The van der Waals surface area contributed by atoms with Crippen molar-refractivity contribution in [3.8, 4) is 10.4 Å². The molecule has 1 N–H and O–H groups in total. The number of pyridine rings is 2. The first-order valence-electron chi connectivity index (χ1n) is 15.4. The van der Waals surface area contributed by atoms with Gasteiger partial charge in [-0.15, -0.1) is 11.3 Å². The molecule has 2 aliphatic rings. The zero-order valence-corrected chi connectivity index (χ0v) is 25.8. The maximum atomic E-state index is 13.1. The van der Waals surface area contributed by atoms with Gasteiger partial charge in [-0.3, -0.25) is 14.1 Å². The molecule has 1 aliphatic carbocycles. The van der Waals surface area contributed by atoms with E-state index in [0.717, 1.165) is 48.1 Å². The van der Waals surface area contributed by atoms with Gasteiger partial charge in [-0.2, -0.15) is 0 Å². The highest BCUT2D eigenvalue weighted by atomic mass is 32.1. The van der Waals surface area contributed by atoms with E-state index in [0.29, 0.717) is 5.92 Å². The van der Waals surface area contributed by atoms with E-state index in [1.54, 1.807) is 16.7 Å². The summed E-state index contributed by atoms with van der Waals surface area (Å²) in [4.78, 5) is 30.1. The molecule has 0 atom stereocenters. The maximum absolute atomic E-state index is 13.1. The molecular weight excluding hydrogens is 577 g/mol. The number of rotatable bonds is 7. The summed E-state index contributed by atoms with van der Waals surface area (Å²) in [6.45, 7) is 3.67. The van der Waals surface area contributed by atoms with Crippen molar-refractivity contribution in [3.05, 3.63) is 170 Å². The summed E-state index contributed by atoms with van der Waals surface area (Å²) in [6, 6.07) is 38.4. The van der Waals surface area contributed by atoms with Gasteiger partial charge in [-0.1, -0.05) is 91.0 Å². The van der Waals surface area contributed by atoms with Crippen molar-refractivity contribution in [1.29, 1.82) is 0 Å². The highest BCUT2D eigenvalue weighted by molar-refractivity contribution is 7.15. The van der Waals surface area contributed by atoms with Crippen LogP contribution in [0, 0.1) is 6.92 Å². The van der Waals surface area contributed by atoms with Crippen molar-refractivity contribution in [1.82, 2.24) is 9.30 Å². The van der Waals surface area contributed by atoms with E-state index in [1.165, 1.54) is 32.0 Å². The average Bonchev–Trinajstić information content (AvgIpc) is 3.73. The Hall–Kier alpha value is -4.78. The number of hydrogen-bond donors (Lipinski definition) is 1. The van der Waals surface area contributed by atoms with Crippen LogP contribution in [0.5, 0.6) is 0 Å². The second-order valence-electron chi connectivity index (χ2n) is 12.2. The zero-order chi connectivity index (χ0) is 30.7. The normalized spacial score (nSPS) is 15.0. The molecule has 0 saturated heterocycles. The molecule has 0 amide bonds. The third-order valence-corrected chi connectivity index (χ3v) is 10.8. The topological polar surface area (TPSA) is 62.0 Å². The summed E-state index contributed by atoms with van der Waals surface area (Å²) < 4.78 is 1.55. The number of hydrogen-bond acceptors (Lipinski definition) is 4. The molecule has 4 heterocycles. The predicted molar refractivity (Wildman–Crippen MR) is 179 cm³/mol. The number of carboxylic acid groups (broad SMARTS) is 1. The van der Waals surface area contributed by atoms with Crippen molar-refractivity contribution < 1.29 is 9.90 Å². The van der Waals surface area contributed by atoms with Gasteiger partial charge >= 0.3 is 5.97 Å². The molecule has 1 aliphatic heterocycles. The molecule has 5 nitrogen and oxygen atoms in total. The minimum absolute atomic E-state index is 0.157. The van der Waals surface area contributed by atoms with E-state index >= 15 is 0 Å². The largest absolute Gasteiger partial charge is 0.477 e. The molecule has 1 saturated carbocycles. The molecule has 0 radical (unpaired) electrons. The summed E-state index contributed by atoms with van der Waals surface area (Å²) >= 11 is 1.82. The molecule has 6 heteroatoms. The molecule has 1 fully saturated rings. The van der Waals surface area contributed by atoms with Gasteiger partial charge < -0.3 is 5.11 Å². The third kappa shape index (κ3) is 4.39. The van der Waals surface area contributed by atoms with Gasteiger partial charge in [0.05, 0.1) is 11.1 Å². The SMILES string of the molecule is Cc1c(-c2cc3c(s2)CN(C(c2ccccc2)(c2ccccc2)c2ccccc2)C3)ccn2c(=O)c(C(=O)O)cc(C3CC3)c12. The first kappa shape index (κ1) is 27.7. The number of carbonyl (C=O) groups is 1. The highest BCUT2D eigenvalue weighted by Crippen LogP contribution is 2.49. The van der Waals surface area contributed by atoms with E-state index in [1.807, 2.05) is 17.4 Å².